The van der Waals surface area contributed by atoms with Crippen molar-refractivity contribution in [1.29, 1.82) is 0 Å². The van der Waals surface area contributed by atoms with E-state index in [2.05, 4.69) is 4.90 Å². The van der Waals surface area contributed by atoms with E-state index in [1.807, 2.05) is 78.9 Å². The molecule has 10 heteroatoms. The molecule has 1 N–H and O–H groups in total. The van der Waals surface area contributed by atoms with Crippen LogP contribution in [0.4, 0.5) is 5.69 Å². The van der Waals surface area contributed by atoms with E-state index in [4.69, 9.17) is 24.3 Å². The largest absolute Gasteiger partial charge is 0.480 e. The highest BCUT2D eigenvalue weighted by Gasteiger charge is 2.26. The number of anilines is 1. The first kappa shape index (κ1) is 29.0. The van der Waals surface area contributed by atoms with Gasteiger partial charge < -0.3 is 24.2 Å². The normalized spacial score (nSPS) is 14.9. The van der Waals surface area contributed by atoms with Crippen molar-refractivity contribution in [2.24, 2.45) is 7.05 Å². The summed E-state index contributed by atoms with van der Waals surface area (Å²) in [6.45, 7) is 1.58. The molecule has 0 bridgehead atoms. The minimum Gasteiger partial charge on any atom is -0.480 e. The Bertz CT molecular complexity index is 1800. The van der Waals surface area contributed by atoms with Crippen LogP contribution in [-0.4, -0.2) is 51.0 Å². The van der Waals surface area contributed by atoms with Crippen LogP contribution in [0.1, 0.15) is 24.0 Å². The summed E-state index contributed by atoms with van der Waals surface area (Å²) in [7, 11) is 1.75. The average Bonchev–Trinajstić information content (AvgIpc) is 3.32. The molecular formula is C34H34N4O6. The fourth-order valence-electron chi connectivity index (χ4n) is 5.59. The number of aliphatic carboxylic acids is 1. The van der Waals surface area contributed by atoms with Gasteiger partial charge >= 0.3 is 11.7 Å². The summed E-state index contributed by atoms with van der Waals surface area (Å²) in [6, 6.07) is 29.0. The van der Waals surface area contributed by atoms with Gasteiger partial charge in [0.15, 0.2) is 0 Å². The van der Waals surface area contributed by atoms with Crippen LogP contribution in [0.15, 0.2) is 95.8 Å². The fourth-order valence-corrected chi connectivity index (χ4v) is 5.59. The van der Waals surface area contributed by atoms with Crippen LogP contribution in [0.5, 0.6) is 11.8 Å². The molecule has 6 rings (SSSR count). The Morgan fingerprint density at radius 1 is 0.886 bits per heavy atom. The van der Waals surface area contributed by atoms with Crippen molar-refractivity contribution in [3.05, 3.63) is 113 Å². The monoisotopic (exact) mass is 594 g/mol. The molecular weight excluding hydrogens is 560 g/mol. The van der Waals surface area contributed by atoms with Gasteiger partial charge in [-0.2, -0.15) is 4.98 Å². The summed E-state index contributed by atoms with van der Waals surface area (Å²) in [6.07, 6.45) is 1.42. The molecule has 3 heterocycles. The van der Waals surface area contributed by atoms with Gasteiger partial charge in [-0.15, -0.1) is 0 Å². The van der Waals surface area contributed by atoms with Gasteiger partial charge in [0.25, 0.3) is 0 Å². The first-order chi connectivity index (χ1) is 21.5. The first-order valence-corrected chi connectivity index (χ1v) is 14.6. The van der Waals surface area contributed by atoms with Gasteiger partial charge in [-0.05, 0) is 42.2 Å². The molecule has 1 atom stereocenters. The average molecular weight is 595 g/mol. The third-order valence-electron chi connectivity index (χ3n) is 7.71. The number of hydrogen-bond donors (Lipinski definition) is 1. The van der Waals surface area contributed by atoms with E-state index in [9.17, 15) is 9.59 Å². The molecule has 1 fully saturated rings. The topological polar surface area (TPSA) is 108 Å². The molecule has 1 aliphatic rings. The van der Waals surface area contributed by atoms with E-state index in [1.54, 1.807) is 28.3 Å². The lowest BCUT2D eigenvalue weighted by atomic mass is 10.1. The Balaban J connectivity index is 1.37. The minimum atomic E-state index is -0.987. The summed E-state index contributed by atoms with van der Waals surface area (Å²) in [5.74, 6) is -0.325. The lowest BCUT2D eigenvalue weighted by Gasteiger charge is -2.34. The van der Waals surface area contributed by atoms with Crippen molar-refractivity contribution in [2.75, 3.05) is 24.6 Å². The number of para-hydroxylation sites is 1. The maximum atomic E-state index is 13.9. The second kappa shape index (κ2) is 13.0. The zero-order valence-corrected chi connectivity index (χ0v) is 24.5. The van der Waals surface area contributed by atoms with Gasteiger partial charge in [-0.3, -0.25) is 9.13 Å². The highest BCUT2D eigenvalue weighted by Crippen LogP contribution is 2.33. The minimum absolute atomic E-state index is 0.208. The molecule has 1 unspecified atom stereocenters. The van der Waals surface area contributed by atoms with Gasteiger partial charge in [-0.25, -0.2) is 9.59 Å². The number of aromatic nitrogens is 3. The number of piperidine rings is 1. The van der Waals surface area contributed by atoms with E-state index in [1.165, 1.54) is 0 Å². The Morgan fingerprint density at radius 2 is 1.59 bits per heavy atom. The number of pyridine rings is 1. The SMILES string of the molecule is Cn1c(=O)n(-c2ccc(OCc3ccccc3)nc2OCc2ccccc2)c2cccc(N3CCCC(OCC(=O)O)C3)c21. The van der Waals surface area contributed by atoms with Crippen molar-refractivity contribution >= 4 is 22.7 Å². The quantitative estimate of drug-likeness (QED) is 0.229. The Labute approximate surface area is 254 Å². The summed E-state index contributed by atoms with van der Waals surface area (Å²) in [4.78, 5) is 31.8. The van der Waals surface area contributed by atoms with Gasteiger partial charge in [-0.1, -0.05) is 66.7 Å². The standard InChI is InChI=1S/C34H34N4O6/c1-36-32-27(37-19-9-14-26(20-37)42-23-31(39)40)15-8-16-28(32)38(34(36)41)29-17-18-30(43-21-24-10-4-2-5-11-24)35-33(29)44-22-25-12-6-3-7-13-25/h2-8,10-13,15-18,26H,9,14,19-23H2,1H3,(H,39,40). The maximum Gasteiger partial charge on any atom is 0.333 e. The summed E-state index contributed by atoms with van der Waals surface area (Å²) < 4.78 is 21.1. The second-order valence-corrected chi connectivity index (χ2v) is 10.8. The third-order valence-corrected chi connectivity index (χ3v) is 7.71. The van der Waals surface area contributed by atoms with Crippen molar-refractivity contribution < 1.29 is 24.1 Å². The second-order valence-electron chi connectivity index (χ2n) is 10.8. The fraction of sp³-hybridized carbons (Fsp3) is 0.265. The third kappa shape index (κ3) is 6.30. The lowest BCUT2D eigenvalue weighted by Crippen LogP contribution is -2.40. The molecule has 2 aromatic heterocycles. The Kier molecular flexibility index (Phi) is 8.60. The van der Waals surface area contributed by atoms with Gasteiger partial charge in [0.2, 0.25) is 11.8 Å². The summed E-state index contributed by atoms with van der Waals surface area (Å²) >= 11 is 0. The molecule has 0 aliphatic carbocycles. The number of fused-ring (bicyclic) bond motifs is 1. The van der Waals surface area contributed by atoms with Gasteiger partial charge in [0, 0.05) is 26.2 Å². The molecule has 3 aromatic carbocycles. The highest BCUT2D eigenvalue weighted by atomic mass is 16.5. The van der Waals surface area contributed by atoms with Crippen molar-refractivity contribution in [1.82, 2.24) is 14.1 Å². The van der Waals surface area contributed by atoms with Crippen molar-refractivity contribution in [2.45, 2.75) is 32.2 Å². The lowest BCUT2D eigenvalue weighted by molar-refractivity contribution is -0.144. The molecule has 1 saturated heterocycles. The smallest absolute Gasteiger partial charge is 0.333 e. The van der Waals surface area contributed by atoms with E-state index in [-0.39, 0.29) is 30.9 Å². The van der Waals surface area contributed by atoms with Crippen LogP contribution in [-0.2, 0) is 29.8 Å². The number of ether oxygens (including phenoxy) is 3. The number of nitrogens with zero attached hydrogens (tertiary/aromatic N) is 4. The first-order valence-electron chi connectivity index (χ1n) is 14.6. The molecule has 1 aliphatic heterocycles. The molecule has 226 valence electrons. The van der Waals surface area contributed by atoms with Crippen LogP contribution >= 0.6 is 0 Å². The zero-order valence-electron chi connectivity index (χ0n) is 24.5. The highest BCUT2D eigenvalue weighted by molar-refractivity contribution is 5.91. The number of carbonyl (C=O) groups is 1. The van der Waals surface area contributed by atoms with Crippen LogP contribution < -0.4 is 20.1 Å². The van der Waals surface area contributed by atoms with E-state index >= 15 is 0 Å². The van der Waals surface area contributed by atoms with Crippen molar-refractivity contribution in [3.63, 3.8) is 0 Å². The van der Waals surface area contributed by atoms with E-state index in [0.29, 0.717) is 30.2 Å². The van der Waals surface area contributed by atoms with Crippen LogP contribution in [0.2, 0.25) is 0 Å². The molecule has 5 aromatic rings. The Hall–Kier alpha value is -5.09. The van der Waals surface area contributed by atoms with Crippen LogP contribution in [0, 0.1) is 0 Å². The molecule has 10 nitrogen and oxygen atoms in total. The Morgan fingerprint density at radius 3 is 2.30 bits per heavy atom. The molecule has 44 heavy (non-hydrogen) atoms. The van der Waals surface area contributed by atoms with Crippen molar-refractivity contribution in [3.8, 4) is 17.4 Å². The predicted molar refractivity (Wildman–Crippen MR) is 167 cm³/mol. The molecule has 0 radical (unpaired) electrons. The van der Waals surface area contributed by atoms with E-state index < -0.39 is 5.97 Å². The molecule has 0 saturated carbocycles. The van der Waals surface area contributed by atoms with Gasteiger partial charge in [0.05, 0.1) is 22.8 Å². The van der Waals surface area contributed by atoms with Gasteiger partial charge in [0.1, 0.15) is 25.5 Å². The summed E-state index contributed by atoms with van der Waals surface area (Å²) in [5.41, 5.74) is 4.58. The number of hydrogen-bond acceptors (Lipinski definition) is 7. The number of aryl methyl sites for hydroxylation is 1. The van der Waals surface area contributed by atoms with Crippen LogP contribution in [0.25, 0.3) is 16.7 Å². The summed E-state index contributed by atoms with van der Waals surface area (Å²) in [5, 5.41) is 9.07. The predicted octanol–water partition coefficient (Wildman–Crippen LogP) is 4.95. The van der Waals surface area contributed by atoms with Crippen LogP contribution in [0.3, 0.4) is 0 Å². The molecule has 0 spiro atoms. The maximum absolute atomic E-state index is 13.9. The molecule has 0 amide bonds. The zero-order chi connectivity index (χ0) is 30.5. The number of imidazole rings is 1. The van der Waals surface area contributed by atoms with E-state index in [0.717, 1.165) is 41.7 Å². The number of carboxylic acid groups (broad SMARTS) is 1. The number of rotatable bonds is 11. The number of carboxylic acids is 1. The number of benzene rings is 3.